The van der Waals surface area contributed by atoms with Crippen molar-refractivity contribution in [3.63, 3.8) is 0 Å². The van der Waals surface area contributed by atoms with Gasteiger partial charge in [-0.1, -0.05) is 28.6 Å². The van der Waals surface area contributed by atoms with Crippen LogP contribution in [0.3, 0.4) is 0 Å². The van der Waals surface area contributed by atoms with Gasteiger partial charge in [0.2, 0.25) is 5.91 Å². The van der Waals surface area contributed by atoms with E-state index in [9.17, 15) is 18.0 Å². The summed E-state index contributed by atoms with van der Waals surface area (Å²) in [6, 6.07) is 6.28. The number of carbonyl (C=O) groups is 2. The monoisotopic (exact) mass is 600 g/mol. The highest BCUT2D eigenvalue weighted by atomic mass is 32.2. The van der Waals surface area contributed by atoms with Crippen LogP contribution in [-0.2, 0) is 35.6 Å². The fourth-order valence-corrected chi connectivity index (χ4v) is 7.73. The molecule has 10 nitrogen and oxygen atoms in total. The van der Waals surface area contributed by atoms with Crippen molar-refractivity contribution in [1.82, 2.24) is 9.88 Å². The lowest BCUT2D eigenvalue weighted by molar-refractivity contribution is -0.135. The van der Waals surface area contributed by atoms with Crippen LogP contribution in [0.25, 0.3) is 0 Å². The van der Waals surface area contributed by atoms with Crippen LogP contribution >= 0.6 is 11.3 Å². The van der Waals surface area contributed by atoms with Crippen molar-refractivity contribution in [2.24, 2.45) is 11.1 Å². The summed E-state index contributed by atoms with van der Waals surface area (Å²) in [6.45, 7) is 1.86. The summed E-state index contributed by atoms with van der Waals surface area (Å²) in [5.74, 6) is 0.0679. The molecule has 12 heteroatoms. The van der Waals surface area contributed by atoms with E-state index in [4.69, 9.17) is 9.57 Å². The number of amides is 2. The number of nitrogens with one attached hydrogen (secondary N) is 1. The van der Waals surface area contributed by atoms with Gasteiger partial charge < -0.3 is 14.5 Å². The SMILES string of the molecule is O=C(Nc1ncc(COC2CCN(C(=O)C3CC3)CC2)s1)C(=NOC1CCCC1)c1ccc(S(=O)(=O)C2CC2)cc1. The van der Waals surface area contributed by atoms with Crippen LogP contribution in [0.5, 0.6) is 0 Å². The normalized spacial score (nSPS) is 20.8. The van der Waals surface area contributed by atoms with Gasteiger partial charge in [0.25, 0.3) is 5.91 Å². The van der Waals surface area contributed by atoms with E-state index in [1.807, 2.05) is 4.90 Å². The highest BCUT2D eigenvalue weighted by molar-refractivity contribution is 7.92. The fourth-order valence-electron chi connectivity index (χ4n) is 5.34. The summed E-state index contributed by atoms with van der Waals surface area (Å²) in [6.07, 6.45) is 10.7. The molecule has 2 aromatic rings. The van der Waals surface area contributed by atoms with Crippen molar-refractivity contribution in [2.75, 3.05) is 18.4 Å². The lowest BCUT2D eigenvalue weighted by Gasteiger charge is -2.32. The number of oxime groups is 1. The average Bonchev–Trinajstić information content (AvgIpc) is 3.92. The van der Waals surface area contributed by atoms with Gasteiger partial charge in [0, 0.05) is 30.8 Å². The molecule has 1 aromatic carbocycles. The van der Waals surface area contributed by atoms with Crippen molar-refractivity contribution < 1.29 is 27.6 Å². The van der Waals surface area contributed by atoms with Crippen LogP contribution in [0.15, 0.2) is 40.5 Å². The summed E-state index contributed by atoms with van der Waals surface area (Å²) < 4.78 is 31.3. The Hall–Kier alpha value is -2.83. The van der Waals surface area contributed by atoms with E-state index in [0.717, 1.165) is 69.3 Å². The number of hydrogen-bond donors (Lipinski definition) is 1. The maximum Gasteiger partial charge on any atom is 0.280 e. The van der Waals surface area contributed by atoms with Gasteiger partial charge in [0.1, 0.15) is 6.10 Å². The van der Waals surface area contributed by atoms with Crippen LogP contribution in [-0.4, -0.2) is 66.4 Å². The smallest absolute Gasteiger partial charge is 0.280 e. The van der Waals surface area contributed by atoms with Crippen molar-refractivity contribution in [1.29, 1.82) is 0 Å². The number of anilines is 1. The summed E-state index contributed by atoms with van der Waals surface area (Å²) >= 11 is 1.33. The minimum Gasteiger partial charge on any atom is -0.392 e. The molecular formula is C29H36N4O6S2. The second-order valence-corrected chi connectivity index (χ2v) is 14.8. The summed E-state index contributed by atoms with van der Waals surface area (Å²) in [5.41, 5.74) is 0.551. The van der Waals surface area contributed by atoms with E-state index in [1.54, 1.807) is 18.3 Å². The Bertz CT molecular complexity index is 1380. The molecular weight excluding hydrogens is 564 g/mol. The van der Waals surface area contributed by atoms with Gasteiger partial charge in [-0.05, 0) is 76.3 Å². The zero-order valence-electron chi connectivity index (χ0n) is 23.0. The Morgan fingerprint density at radius 1 is 0.976 bits per heavy atom. The summed E-state index contributed by atoms with van der Waals surface area (Å²) in [7, 11) is -3.33. The van der Waals surface area contributed by atoms with Crippen LogP contribution < -0.4 is 5.32 Å². The van der Waals surface area contributed by atoms with Gasteiger partial charge >= 0.3 is 0 Å². The number of piperidine rings is 1. The van der Waals surface area contributed by atoms with E-state index in [1.165, 1.54) is 23.5 Å². The minimum atomic E-state index is -3.33. The number of carbonyl (C=O) groups excluding carboxylic acids is 2. The quantitative estimate of drug-likeness (QED) is 0.301. The minimum absolute atomic E-state index is 0.0328. The number of benzene rings is 1. The number of nitrogens with zero attached hydrogens (tertiary/aromatic N) is 3. The maximum absolute atomic E-state index is 13.3. The third-order valence-corrected chi connectivity index (χ3v) is 11.3. The molecule has 3 aliphatic carbocycles. The highest BCUT2D eigenvalue weighted by Gasteiger charge is 2.37. The summed E-state index contributed by atoms with van der Waals surface area (Å²) in [4.78, 5) is 38.8. The first-order valence-electron chi connectivity index (χ1n) is 14.6. The van der Waals surface area contributed by atoms with E-state index in [0.29, 0.717) is 36.1 Å². The second-order valence-electron chi connectivity index (χ2n) is 11.4. The first kappa shape index (κ1) is 28.3. The average molecular weight is 601 g/mol. The molecule has 220 valence electrons. The predicted octanol–water partition coefficient (Wildman–Crippen LogP) is 4.30. The van der Waals surface area contributed by atoms with Crippen molar-refractivity contribution >= 4 is 43.8 Å². The Balaban J connectivity index is 1.06. The van der Waals surface area contributed by atoms with E-state index >= 15 is 0 Å². The Morgan fingerprint density at radius 3 is 2.34 bits per heavy atom. The molecule has 2 heterocycles. The van der Waals surface area contributed by atoms with Gasteiger partial charge in [-0.2, -0.15) is 0 Å². The first-order chi connectivity index (χ1) is 19.9. The number of thiazole rings is 1. The molecule has 0 unspecified atom stereocenters. The first-order valence-corrected chi connectivity index (χ1v) is 17.0. The standard InChI is InChI=1S/C29H36N4O6S2/c34-27(31-29-30-17-23(40-29)18-38-21-13-15-33(16-14-21)28(35)20-5-6-20)26(32-39-22-3-1-2-4-22)19-7-9-24(10-8-19)41(36,37)25-11-12-25/h7-10,17,20-22,25H,1-6,11-16,18H2,(H,30,31,34). The lowest BCUT2D eigenvalue weighted by atomic mass is 10.1. The molecule has 0 spiro atoms. The molecule has 0 bridgehead atoms. The molecule has 41 heavy (non-hydrogen) atoms. The van der Waals surface area contributed by atoms with Gasteiger partial charge in [-0.3, -0.25) is 14.9 Å². The number of ether oxygens (including phenoxy) is 1. The Kier molecular flexibility index (Phi) is 8.41. The molecule has 6 rings (SSSR count). The second kappa shape index (κ2) is 12.2. The van der Waals surface area contributed by atoms with Crippen LogP contribution in [0.1, 0.15) is 74.6 Å². The largest absolute Gasteiger partial charge is 0.392 e. The van der Waals surface area contributed by atoms with Gasteiger partial charge in [-0.15, -0.1) is 0 Å². The molecule has 4 aliphatic rings. The number of likely N-dealkylation sites (tertiary alicyclic amines) is 1. The van der Waals surface area contributed by atoms with Gasteiger partial charge in [0.05, 0.1) is 27.7 Å². The zero-order chi connectivity index (χ0) is 28.4. The van der Waals surface area contributed by atoms with Crippen molar-refractivity contribution in [2.45, 2.75) is 93.2 Å². The molecule has 1 aliphatic heterocycles. The fraction of sp³-hybridized carbons (Fsp3) is 0.586. The number of rotatable bonds is 11. The molecule has 1 N–H and O–H groups in total. The van der Waals surface area contributed by atoms with Crippen molar-refractivity contribution in [3.8, 4) is 0 Å². The Morgan fingerprint density at radius 2 is 1.68 bits per heavy atom. The predicted molar refractivity (Wildman–Crippen MR) is 154 cm³/mol. The van der Waals surface area contributed by atoms with Crippen molar-refractivity contribution in [3.05, 3.63) is 40.9 Å². The Labute approximate surface area is 244 Å². The molecule has 0 atom stereocenters. The topological polar surface area (TPSA) is 127 Å². The third kappa shape index (κ3) is 6.98. The zero-order valence-corrected chi connectivity index (χ0v) is 24.6. The van der Waals surface area contributed by atoms with E-state index in [2.05, 4.69) is 15.5 Å². The van der Waals surface area contributed by atoms with Crippen LogP contribution in [0, 0.1) is 5.92 Å². The van der Waals surface area contributed by atoms with E-state index in [-0.39, 0.29) is 34.0 Å². The molecule has 1 saturated heterocycles. The van der Waals surface area contributed by atoms with Gasteiger partial charge in [0.15, 0.2) is 20.7 Å². The maximum atomic E-state index is 13.3. The highest BCUT2D eigenvalue weighted by Crippen LogP contribution is 2.34. The van der Waals surface area contributed by atoms with E-state index < -0.39 is 15.7 Å². The molecule has 4 fully saturated rings. The number of sulfone groups is 1. The lowest BCUT2D eigenvalue weighted by Crippen LogP contribution is -2.41. The molecule has 0 radical (unpaired) electrons. The molecule has 3 saturated carbocycles. The molecule has 1 aromatic heterocycles. The van der Waals surface area contributed by atoms with Crippen LogP contribution in [0.2, 0.25) is 0 Å². The van der Waals surface area contributed by atoms with Crippen LogP contribution in [0.4, 0.5) is 5.13 Å². The summed E-state index contributed by atoms with van der Waals surface area (Å²) in [5, 5.41) is 7.16. The van der Waals surface area contributed by atoms with Gasteiger partial charge in [-0.25, -0.2) is 13.4 Å². The number of hydrogen-bond acceptors (Lipinski definition) is 9. The molecule has 2 amide bonds. The third-order valence-electron chi connectivity index (χ3n) is 8.15. The number of aromatic nitrogens is 1.